The Morgan fingerprint density at radius 3 is 1.97 bits per heavy atom. The second-order valence-corrected chi connectivity index (χ2v) is 9.73. The number of amides is 3. The molecule has 10 heteroatoms. The lowest BCUT2D eigenvalue weighted by Gasteiger charge is -2.18. The first-order valence-electron chi connectivity index (χ1n) is 8.17. The minimum atomic E-state index is -4.13. The maximum atomic E-state index is 12.7. The van der Waals surface area contributed by atoms with Crippen LogP contribution in [0.25, 0.3) is 0 Å². The van der Waals surface area contributed by atoms with Crippen LogP contribution in [0.3, 0.4) is 0 Å². The van der Waals surface area contributed by atoms with Crippen LogP contribution in [0.5, 0.6) is 0 Å². The maximum Gasteiger partial charge on any atom is 0.280 e. The number of carbonyl (C=O) groups is 3. The second kappa shape index (κ2) is 7.11. The quantitative estimate of drug-likeness (QED) is 0.441. The Balaban J connectivity index is 1.67. The van der Waals surface area contributed by atoms with Crippen molar-refractivity contribution in [2.45, 2.75) is 4.21 Å². The molecule has 1 aliphatic rings. The van der Waals surface area contributed by atoms with Gasteiger partial charge in [-0.3, -0.25) is 14.4 Å². The number of carbonyl (C=O) groups excluding carboxylic acids is 3. The van der Waals surface area contributed by atoms with Gasteiger partial charge in [0, 0.05) is 0 Å². The predicted octanol–water partition coefficient (Wildman–Crippen LogP) is 3.55. The molecule has 0 fully saturated rings. The van der Waals surface area contributed by atoms with Crippen molar-refractivity contribution in [2.24, 2.45) is 0 Å². The average Bonchev–Trinajstić information content (AvgIpc) is 3.26. The SMILES string of the molecule is O=CN(c1ccc(N2C(=O)c3ccccc3C2=O)cc1)S(=O)(=O)c1ccc(Cl)s1. The summed E-state index contributed by atoms with van der Waals surface area (Å²) in [4.78, 5) is 37.7. The van der Waals surface area contributed by atoms with E-state index >= 15 is 0 Å². The highest BCUT2D eigenvalue weighted by molar-refractivity contribution is 7.95. The zero-order chi connectivity index (χ0) is 20.8. The van der Waals surface area contributed by atoms with Gasteiger partial charge in [-0.25, -0.2) is 9.21 Å². The lowest BCUT2D eigenvalue weighted by Crippen LogP contribution is -2.30. The van der Waals surface area contributed by atoms with E-state index in [-0.39, 0.29) is 26.3 Å². The van der Waals surface area contributed by atoms with Crippen LogP contribution in [-0.2, 0) is 14.8 Å². The fourth-order valence-electron chi connectivity index (χ4n) is 2.96. The summed E-state index contributed by atoms with van der Waals surface area (Å²) < 4.78 is 26.2. The normalized spacial score (nSPS) is 13.5. The number of imide groups is 1. The van der Waals surface area contributed by atoms with Crippen LogP contribution in [0.1, 0.15) is 20.7 Å². The van der Waals surface area contributed by atoms with Crippen molar-refractivity contribution in [2.75, 3.05) is 9.21 Å². The van der Waals surface area contributed by atoms with Crippen LogP contribution in [-0.4, -0.2) is 26.6 Å². The van der Waals surface area contributed by atoms with E-state index in [2.05, 4.69) is 0 Å². The van der Waals surface area contributed by atoms with Gasteiger partial charge in [-0.15, -0.1) is 11.3 Å². The molecule has 7 nitrogen and oxygen atoms in total. The van der Waals surface area contributed by atoms with E-state index in [9.17, 15) is 22.8 Å². The van der Waals surface area contributed by atoms with Crippen LogP contribution in [0.15, 0.2) is 64.9 Å². The topological polar surface area (TPSA) is 91.8 Å². The van der Waals surface area contributed by atoms with Gasteiger partial charge >= 0.3 is 0 Å². The summed E-state index contributed by atoms with van der Waals surface area (Å²) in [6.45, 7) is 0. The van der Waals surface area contributed by atoms with E-state index in [1.807, 2.05) is 0 Å². The first-order chi connectivity index (χ1) is 13.8. The Hall–Kier alpha value is -3.01. The van der Waals surface area contributed by atoms with Crippen molar-refractivity contribution in [3.63, 3.8) is 0 Å². The summed E-state index contributed by atoms with van der Waals surface area (Å²) in [5, 5.41) is 0. The van der Waals surface area contributed by atoms with Crippen LogP contribution < -0.4 is 9.21 Å². The number of halogens is 1. The third-order valence-electron chi connectivity index (χ3n) is 4.31. The summed E-state index contributed by atoms with van der Waals surface area (Å²) >= 11 is 6.63. The minimum Gasteiger partial charge on any atom is -0.277 e. The number of sulfonamides is 1. The maximum absolute atomic E-state index is 12.7. The van der Waals surface area contributed by atoms with E-state index < -0.39 is 21.8 Å². The summed E-state index contributed by atoms with van der Waals surface area (Å²) in [5.74, 6) is -0.933. The van der Waals surface area contributed by atoms with Crippen LogP contribution >= 0.6 is 22.9 Å². The molecule has 0 N–H and O–H groups in total. The molecular weight excluding hydrogens is 436 g/mol. The van der Waals surface area contributed by atoms with Crippen molar-refractivity contribution >= 4 is 62.6 Å². The minimum absolute atomic E-state index is 0.0601. The fraction of sp³-hybridized carbons (Fsp3) is 0. The Bertz CT molecular complexity index is 1220. The van der Waals surface area contributed by atoms with Crippen molar-refractivity contribution in [3.8, 4) is 0 Å². The lowest BCUT2D eigenvalue weighted by atomic mass is 10.1. The Kier molecular flexibility index (Phi) is 4.73. The number of nitrogens with zero attached hydrogens (tertiary/aromatic N) is 2. The van der Waals surface area contributed by atoms with Gasteiger partial charge in [0.25, 0.3) is 21.8 Å². The molecule has 0 unspecified atom stereocenters. The zero-order valence-electron chi connectivity index (χ0n) is 14.5. The molecule has 1 aliphatic heterocycles. The van der Waals surface area contributed by atoms with Gasteiger partial charge < -0.3 is 0 Å². The highest BCUT2D eigenvalue weighted by Crippen LogP contribution is 2.33. The number of rotatable bonds is 5. The van der Waals surface area contributed by atoms with Gasteiger partial charge in [-0.05, 0) is 48.5 Å². The van der Waals surface area contributed by atoms with Gasteiger partial charge in [-0.1, -0.05) is 23.7 Å². The molecule has 4 rings (SSSR count). The highest BCUT2D eigenvalue weighted by atomic mass is 35.5. The average molecular weight is 447 g/mol. The fourth-order valence-corrected chi connectivity index (χ4v) is 5.75. The molecule has 0 radical (unpaired) electrons. The Labute approximate surface area is 174 Å². The van der Waals surface area contributed by atoms with Crippen LogP contribution in [0.2, 0.25) is 4.34 Å². The number of hydrogen-bond donors (Lipinski definition) is 0. The largest absolute Gasteiger partial charge is 0.280 e. The molecule has 29 heavy (non-hydrogen) atoms. The standard InChI is InChI=1S/C19H11ClN2O5S2/c20-16-9-10-17(28-16)29(26,27)21(11-23)12-5-7-13(8-6-12)22-18(24)14-3-1-2-4-15(14)19(22)25/h1-11H. The highest BCUT2D eigenvalue weighted by Gasteiger charge is 2.36. The molecule has 2 heterocycles. The molecule has 1 aromatic heterocycles. The van der Waals surface area contributed by atoms with E-state index in [1.54, 1.807) is 24.3 Å². The molecule has 146 valence electrons. The van der Waals surface area contributed by atoms with Crippen molar-refractivity contribution in [1.82, 2.24) is 0 Å². The van der Waals surface area contributed by atoms with Gasteiger partial charge in [0.2, 0.25) is 6.41 Å². The summed E-state index contributed by atoms with van der Waals surface area (Å²) in [6.07, 6.45) is 0.181. The zero-order valence-corrected chi connectivity index (χ0v) is 16.9. The third-order valence-corrected chi connectivity index (χ3v) is 7.68. The molecular formula is C19H11ClN2O5S2. The molecule has 0 saturated heterocycles. The number of benzene rings is 2. The first kappa shape index (κ1) is 19.3. The summed E-state index contributed by atoms with van der Waals surface area (Å²) in [7, 11) is -4.13. The Morgan fingerprint density at radius 2 is 1.48 bits per heavy atom. The van der Waals surface area contributed by atoms with Crippen molar-refractivity contribution in [3.05, 3.63) is 76.1 Å². The molecule has 0 saturated carbocycles. The van der Waals surface area contributed by atoms with Gasteiger partial charge in [0.1, 0.15) is 4.21 Å². The summed E-state index contributed by atoms with van der Waals surface area (Å²) in [6, 6.07) is 14.7. The molecule has 0 bridgehead atoms. The molecule has 0 spiro atoms. The van der Waals surface area contributed by atoms with Crippen molar-refractivity contribution in [1.29, 1.82) is 0 Å². The molecule has 2 aromatic carbocycles. The van der Waals surface area contributed by atoms with E-state index in [1.165, 1.54) is 36.4 Å². The number of thiophene rings is 1. The van der Waals surface area contributed by atoms with E-state index in [4.69, 9.17) is 11.6 Å². The molecule has 0 aliphatic carbocycles. The monoisotopic (exact) mass is 446 g/mol. The Morgan fingerprint density at radius 1 is 0.897 bits per heavy atom. The third kappa shape index (κ3) is 3.13. The van der Waals surface area contributed by atoms with Gasteiger partial charge in [0.05, 0.1) is 26.8 Å². The number of fused-ring (bicyclic) bond motifs is 1. The lowest BCUT2D eigenvalue weighted by molar-refractivity contribution is -0.106. The van der Waals surface area contributed by atoms with E-state index in [0.717, 1.165) is 16.2 Å². The molecule has 3 aromatic rings. The first-order valence-corrected chi connectivity index (χ1v) is 10.8. The summed E-state index contributed by atoms with van der Waals surface area (Å²) in [5.41, 5.74) is 0.925. The molecule has 0 atom stereocenters. The number of hydrogen-bond acceptors (Lipinski definition) is 6. The van der Waals surface area contributed by atoms with Crippen molar-refractivity contribution < 1.29 is 22.8 Å². The van der Waals surface area contributed by atoms with Crippen LogP contribution in [0.4, 0.5) is 11.4 Å². The van der Waals surface area contributed by atoms with Gasteiger partial charge in [-0.2, -0.15) is 8.42 Å². The number of anilines is 2. The van der Waals surface area contributed by atoms with Crippen LogP contribution in [0, 0.1) is 0 Å². The smallest absolute Gasteiger partial charge is 0.277 e. The van der Waals surface area contributed by atoms with E-state index in [0.29, 0.717) is 15.4 Å². The second-order valence-electron chi connectivity index (χ2n) is 5.97. The predicted molar refractivity (Wildman–Crippen MR) is 109 cm³/mol. The molecule has 3 amide bonds. The van der Waals surface area contributed by atoms with Gasteiger partial charge in [0.15, 0.2) is 0 Å².